The lowest BCUT2D eigenvalue weighted by Gasteiger charge is -2.28. The molecule has 2 aromatic carbocycles. The fourth-order valence-corrected chi connectivity index (χ4v) is 3.93. The minimum Gasteiger partial charge on any atom is -0.490 e. The Bertz CT molecular complexity index is 965. The van der Waals surface area contributed by atoms with E-state index in [-0.39, 0.29) is 28.9 Å². The van der Waals surface area contributed by atoms with E-state index < -0.39 is 23.6 Å². The van der Waals surface area contributed by atoms with Crippen LogP contribution in [0.3, 0.4) is 0 Å². The van der Waals surface area contributed by atoms with Crippen molar-refractivity contribution in [2.75, 3.05) is 13.2 Å². The zero-order chi connectivity index (χ0) is 23.8. The Kier molecular flexibility index (Phi) is 9.15. The monoisotopic (exact) mass is 460 g/mol. The predicted octanol–water partition coefficient (Wildman–Crippen LogP) is 6.87. The average molecular weight is 461 g/mol. The standard InChI is InChI=1S/C27H31F3O3/c1-3-5-15-32-25-14-10-19(16-23(25)28)20-8-12-21(33-17-20)11-7-18-9-13-22(24(31)6-4-2)27(30)26(18)29/h3,7,9-11,13-14,16,20-21,24,31H,1,4-6,8,12,15,17H2,2H3/b11-7+. The van der Waals surface area contributed by atoms with Gasteiger partial charge in [0, 0.05) is 17.0 Å². The highest BCUT2D eigenvalue weighted by molar-refractivity contribution is 5.52. The second-order valence-electron chi connectivity index (χ2n) is 8.30. The van der Waals surface area contributed by atoms with Gasteiger partial charge >= 0.3 is 0 Å². The number of rotatable bonds is 10. The summed E-state index contributed by atoms with van der Waals surface area (Å²) in [5.41, 5.74) is 0.938. The molecule has 33 heavy (non-hydrogen) atoms. The van der Waals surface area contributed by atoms with E-state index in [1.54, 1.807) is 18.2 Å². The predicted molar refractivity (Wildman–Crippen MR) is 124 cm³/mol. The lowest BCUT2D eigenvalue weighted by Crippen LogP contribution is -2.23. The van der Waals surface area contributed by atoms with Gasteiger partial charge in [0.15, 0.2) is 23.2 Å². The topological polar surface area (TPSA) is 38.7 Å². The molecule has 0 aliphatic carbocycles. The van der Waals surface area contributed by atoms with Gasteiger partial charge < -0.3 is 14.6 Å². The van der Waals surface area contributed by atoms with Crippen LogP contribution in [0.2, 0.25) is 0 Å². The molecule has 0 aromatic heterocycles. The number of hydrogen-bond donors (Lipinski definition) is 1. The van der Waals surface area contributed by atoms with Gasteiger partial charge in [-0.3, -0.25) is 0 Å². The molecule has 0 spiro atoms. The van der Waals surface area contributed by atoms with Crippen LogP contribution in [0.15, 0.2) is 49.1 Å². The van der Waals surface area contributed by atoms with Crippen LogP contribution >= 0.6 is 0 Å². The fourth-order valence-electron chi connectivity index (χ4n) is 3.93. The first-order valence-corrected chi connectivity index (χ1v) is 11.4. The maximum atomic E-state index is 14.4. The highest BCUT2D eigenvalue weighted by atomic mass is 19.2. The summed E-state index contributed by atoms with van der Waals surface area (Å²) in [5.74, 6) is -2.11. The Morgan fingerprint density at radius 3 is 2.67 bits per heavy atom. The quantitative estimate of drug-likeness (QED) is 0.311. The lowest BCUT2D eigenvalue weighted by molar-refractivity contribution is 0.0331. The Morgan fingerprint density at radius 2 is 2.00 bits per heavy atom. The third kappa shape index (κ3) is 6.49. The van der Waals surface area contributed by atoms with E-state index in [9.17, 15) is 18.3 Å². The number of aliphatic hydroxyl groups is 1. The first-order valence-electron chi connectivity index (χ1n) is 11.4. The molecule has 1 aliphatic heterocycles. The lowest BCUT2D eigenvalue weighted by atomic mass is 9.91. The first-order chi connectivity index (χ1) is 15.9. The van der Waals surface area contributed by atoms with E-state index in [2.05, 4.69) is 6.58 Å². The van der Waals surface area contributed by atoms with Crippen molar-refractivity contribution in [1.29, 1.82) is 0 Å². The Hall–Kier alpha value is -2.57. The molecule has 0 radical (unpaired) electrons. The molecule has 6 heteroatoms. The maximum Gasteiger partial charge on any atom is 0.166 e. The van der Waals surface area contributed by atoms with Crippen LogP contribution in [0.1, 0.15) is 67.7 Å². The molecule has 0 bridgehead atoms. The highest BCUT2D eigenvalue weighted by Crippen LogP contribution is 2.32. The first kappa shape index (κ1) is 25.1. The van der Waals surface area contributed by atoms with Crippen molar-refractivity contribution in [2.45, 2.75) is 57.2 Å². The molecule has 1 saturated heterocycles. The molecule has 3 nitrogen and oxygen atoms in total. The summed E-state index contributed by atoms with van der Waals surface area (Å²) in [4.78, 5) is 0. The summed E-state index contributed by atoms with van der Waals surface area (Å²) in [6.45, 7) is 6.27. The van der Waals surface area contributed by atoms with Crippen molar-refractivity contribution in [3.63, 3.8) is 0 Å². The van der Waals surface area contributed by atoms with E-state index in [1.807, 2.05) is 13.0 Å². The molecule has 1 N–H and O–H groups in total. The van der Waals surface area contributed by atoms with Gasteiger partial charge in [0.1, 0.15) is 0 Å². The van der Waals surface area contributed by atoms with Crippen molar-refractivity contribution >= 4 is 6.08 Å². The van der Waals surface area contributed by atoms with E-state index in [4.69, 9.17) is 9.47 Å². The normalized spacial score (nSPS) is 19.5. The fraction of sp³-hybridized carbons (Fsp3) is 0.407. The molecule has 3 atom stereocenters. The zero-order valence-electron chi connectivity index (χ0n) is 18.9. The van der Waals surface area contributed by atoms with E-state index >= 15 is 0 Å². The summed E-state index contributed by atoms with van der Waals surface area (Å²) in [6, 6.07) is 7.87. The minimum atomic E-state index is -1.02. The smallest absolute Gasteiger partial charge is 0.166 e. The van der Waals surface area contributed by atoms with Gasteiger partial charge in [0.25, 0.3) is 0 Å². The molecule has 178 valence electrons. The molecule has 0 saturated carbocycles. The van der Waals surface area contributed by atoms with Gasteiger partial charge in [-0.05, 0) is 43.4 Å². The number of benzene rings is 2. The van der Waals surface area contributed by atoms with Gasteiger partial charge in [-0.2, -0.15) is 0 Å². The van der Waals surface area contributed by atoms with Crippen LogP contribution in [-0.2, 0) is 4.74 Å². The van der Waals surface area contributed by atoms with E-state index in [1.165, 1.54) is 24.3 Å². The minimum absolute atomic E-state index is 0.0207. The number of halogens is 3. The Morgan fingerprint density at radius 1 is 1.18 bits per heavy atom. The van der Waals surface area contributed by atoms with E-state index in [0.717, 1.165) is 12.0 Å². The van der Waals surface area contributed by atoms with Crippen molar-refractivity contribution in [3.05, 3.63) is 83.2 Å². The summed E-state index contributed by atoms with van der Waals surface area (Å²) in [7, 11) is 0. The van der Waals surface area contributed by atoms with Gasteiger partial charge in [0.05, 0.1) is 25.4 Å². The number of ether oxygens (including phenoxy) is 2. The highest BCUT2D eigenvalue weighted by Gasteiger charge is 2.23. The Labute approximate surface area is 193 Å². The van der Waals surface area contributed by atoms with Crippen LogP contribution in [-0.4, -0.2) is 24.4 Å². The third-order valence-corrected chi connectivity index (χ3v) is 5.87. The van der Waals surface area contributed by atoms with Crippen molar-refractivity contribution in [1.82, 2.24) is 0 Å². The number of aliphatic hydroxyl groups excluding tert-OH is 1. The van der Waals surface area contributed by atoms with Gasteiger partial charge in [-0.15, -0.1) is 6.58 Å². The van der Waals surface area contributed by atoms with Crippen LogP contribution < -0.4 is 4.74 Å². The van der Waals surface area contributed by atoms with Crippen molar-refractivity contribution in [2.24, 2.45) is 0 Å². The van der Waals surface area contributed by atoms with Crippen LogP contribution in [0.5, 0.6) is 5.75 Å². The van der Waals surface area contributed by atoms with Gasteiger partial charge in [0.2, 0.25) is 0 Å². The Balaban J connectivity index is 1.58. The molecule has 1 fully saturated rings. The third-order valence-electron chi connectivity index (χ3n) is 5.87. The molecule has 3 unspecified atom stereocenters. The average Bonchev–Trinajstić information content (AvgIpc) is 2.81. The summed E-state index contributed by atoms with van der Waals surface area (Å²) in [6.07, 6.45) is 6.84. The molecule has 3 rings (SSSR count). The number of hydrogen-bond acceptors (Lipinski definition) is 3. The molecule has 2 aromatic rings. The summed E-state index contributed by atoms with van der Waals surface area (Å²) < 4.78 is 54.4. The SMILES string of the molecule is C=CCCOc1ccc(C2CCC(/C=C/c3ccc(C(O)CCC)c(F)c3F)OC2)cc1F. The molecular weight excluding hydrogens is 429 g/mol. The molecular formula is C27H31F3O3. The molecule has 0 amide bonds. The summed E-state index contributed by atoms with van der Waals surface area (Å²) >= 11 is 0. The van der Waals surface area contributed by atoms with Crippen LogP contribution in [0.4, 0.5) is 13.2 Å². The summed E-state index contributed by atoms with van der Waals surface area (Å²) in [5, 5.41) is 9.97. The zero-order valence-corrected chi connectivity index (χ0v) is 18.9. The van der Waals surface area contributed by atoms with Crippen LogP contribution in [0.25, 0.3) is 6.08 Å². The van der Waals surface area contributed by atoms with E-state index in [0.29, 0.717) is 38.9 Å². The second kappa shape index (κ2) is 12.1. The maximum absolute atomic E-state index is 14.4. The van der Waals surface area contributed by atoms with Crippen molar-refractivity contribution < 1.29 is 27.8 Å². The molecule has 1 heterocycles. The largest absolute Gasteiger partial charge is 0.490 e. The second-order valence-corrected chi connectivity index (χ2v) is 8.30. The van der Waals surface area contributed by atoms with Gasteiger partial charge in [-0.1, -0.05) is 49.8 Å². The van der Waals surface area contributed by atoms with Crippen molar-refractivity contribution in [3.8, 4) is 5.75 Å². The molecule has 1 aliphatic rings. The van der Waals surface area contributed by atoms with Crippen LogP contribution in [0, 0.1) is 17.5 Å². The van der Waals surface area contributed by atoms with Gasteiger partial charge in [-0.25, -0.2) is 13.2 Å².